The first kappa shape index (κ1) is 30.3. The number of aliphatic carboxylic acids is 3. The number of carboxylic acid groups (broad SMARTS) is 3. The molecule has 0 amide bonds. The molecule has 0 saturated heterocycles. The fourth-order valence-corrected chi connectivity index (χ4v) is 3.26. The molecule has 2 atom stereocenters. The van der Waals surface area contributed by atoms with Crippen LogP contribution in [0.1, 0.15) is 62.6 Å². The Morgan fingerprint density at radius 3 is 2.09 bits per heavy atom. The lowest BCUT2D eigenvalue weighted by molar-refractivity contribution is -0.138. The maximum Gasteiger partial charge on any atom is 0.331 e. The number of hydrogen-bond acceptors (Lipinski definition) is 3. The van der Waals surface area contributed by atoms with Gasteiger partial charge < -0.3 is 15.3 Å². The molecule has 1 aromatic carbocycles. The molecule has 0 aliphatic heterocycles. The van der Waals surface area contributed by atoms with Gasteiger partial charge in [-0.3, -0.25) is 4.79 Å². The molecule has 0 heterocycles. The topological polar surface area (TPSA) is 112 Å². The highest BCUT2D eigenvalue weighted by atomic mass is 16.4. The molecule has 1 rings (SSSR count). The predicted molar refractivity (Wildman–Crippen MR) is 138 cm³/mol. The number of hydrogen-bond donors (Lipinski definition) is 3. The quantitative estimate of drug-likeness (QED) is 0.210. The lowest BCUT2D eigenvalue weighted by atomic mass is 9.90. The van der Waals surface area contributed by atoms with E-state index in [9.17, 15) is 19.5 Å². The first-order valence-electron chi connectivity index (χ1n) is 11.2. The highest BCUT2D eigenvalue weighted by Gasteiger charge is 2.18. The molecule has 1 aromatic rings. The monoisotopic (exact) mass is 468 g/mol. The van der Waals surface area contributed by atoms with E-state index >= 15 is 0 Å². The average molecular weight is 469 g/mol. The summed E-state index contributed by atoms with van der Waals surface area (Å²) in [5.41, 5.74) is 2.84. The Hall–Kier alpha value is -3.67. The van der Waals surface area contributed by atoms with E-state index in [4.69, 9.17) is 10.2 Å². The Balaban J connectivity index is 0.000000657. The maximum absolute atomic E-state index is 11.2. The van der Waals surface area contributed by atoms with Crippen molar-refractivity contribution in [2.45, 2.75) is 46.0 Å². The molecule has 6 heteroatoms. The highest BCUT2D eigenvalue weighted by Crippen LogP contribution is 2.23. The molecule has 0 aliphatic rings. The number of benzene rings is 1. The predicted octanol–water partition coefficient (Wildman–Crippen LogP) is 6.56. The van der Waals surface area contributed by atoms with E-state index in [1.165, 1.54) is 12.2 Å². The van der Waals surface area contributed by atoms with E-state index in [1.807, 2.05) is 25.1 Å². The second-order valence-corrected chi connectivity index (χ2v) is 7.65. The molecule has 0 aromatic heterocycles. The highest BCUT2D eigenvalue weighted by molar-refractivity contribution is 5.88. The largest absolute Gasteiger partial charge is 0.481 e. The zero-order chi connectivity index (χ0) is 26.1. The van der Waals surface area contributed by atoms with Crippen molar-refractivity contribution in [1.29, 1.82) is 0 Å². The number of carboxylic acids is 3. The third-order valence-electron chi connectivity index (χ3n) is 5.25. The van der Waals surface area contributed by atoms with E-state index in [0.717, 1.165) is 48.4 Å². The second kappa shape index (κ2) is 16.9. The summed E-state index contributed by atoms with van der Waals surface area (Å²) in [6.45, 7) is 14.9. The Morgan fingerprint density at radius 1 is 1.00 bits per heavy atom. The minimum Gasteiger partial charge on any atom is -0.481 e. The zero-order valence-electron chi connectivity index (χ0n) is 20.1. The van der Waals surface area contributed by atoms with Gasteiger partial charge in [0.25, 0.3) is 0 Å². The van der Waals surface area contributed by atoms with Crippen LogP contribution in [0.25, 0.3) is 18.2 Å². The van der Waals surface area contributed by atoms with Crippen molar-refractivity contribution in [2.75, 3.05) is 0 Å². The van der Waals surface area contributed by atoms with E-state index in [1.54, 1.807) is 18.2 Å². The third-order valence-corrected chi connectivity index (χ3v) is 5.25. The van der Waals surface area contributed by atoms with Gasteiger partial charge in [0, 0.05) is 11.6 Å². The molecule has 6 nitrogen and oxygen atoms in total. The van der Waals surface area contributed by atoms with Crippen LogP contribution in [-0.4, -0.2) is 33.2 Å². The van der Waals surface area contributed by atoms with Gasteiger partial charge in [-0.05, 0) is 35.1 Å². The van der Waals surface area contributed by atoms with Gasteiger partial charge in [-0.15, -0.1) is 6.58 Å². The van der Waals surface area contributed by atoms with Crippen molar-refractivity contribution in [3.63, 3.8) is 0 Å². The van der Waals surface area contributed by atoms with Crippen LogP contribution in [0.2, 0.25) is 0 Å². The van der Waals surface area contributed by atoms with Crippen LogP contribution in [0.4, 0.5) is 0 Å². The van der Waals surface area contributed by atoms with Crippen molar-refractivity contribution in [2.24, 2.45) is 11.8 Å². The fraction of sp³-hybridized carbons (Fsp3) is 0.321. The van der Waals surface area contributed by atoms with Crippen molar-refractivity contribution >= 4 is 36.1 Å². The van der Waals surface area contributed by atoms with Crippen molar-refractivity contribution in [1.82, 2.24) is 0 Å². The summed E-state index contributed by atoms with van der Waals surface area (Å²) in [6, 6.07) is 5.59. The molecule has 0 bridgehead atoms. The molecule has 0 aliphatic carbocycles. The Labute approximate surface area is 202 Å². The lowest BCUT2D eigenvalue weighted by Crippen LogP contribution is -2.13. The van der Waals surface area contributed by atoms with Gasteiger partial charge in [0.1, 0.15) is 0 Å². The summed E-state index contributed by atoms with van der Waals surface area (Å²) in [6.07, 6.45) is 13.0. The summed E-state index contributed by atoms with van der Waals surface area (Å²) in [5.74, 6) is -3.72. The van der Waals surface area contributed by atoms with Gasteiger partial charge in [-0.1, -0.05) is 95.2 Å². The summed E-state index contributed by atoms with van der Waals surface area (Å²) in [5, 5.41) is 26.6. The van der Waals surface area contributed by atoms with Crippen molar-refractivity contribution in [3.8, 4) is 0 Å². The van der Waals surface area contributed by atoms with Crippen LogP contribution >= 0.6 is 0 Å². The SMILES string of the molecule is C=CC(C=C(CC(CC)CCCC)C(=O)O)C(=O)O.C=Cc1cccc(C=CC(=O)O)c1C=C. The van der Waals surface area contributed by atoms with Gasteiger partial charge in [-0.2, -0.15) is 0 Å². The van der Waals surface area contributed by atoms with Crippen LogP contribution in [0, 0.1) is 11.8 Å². The van der Waals surface area contributed by atoms with Gasteiger partial charge in [0.2, 0.25) is 0 Å². The lowest BCUT2D eigenvalue weighted by Gasteiger charge is -2.15. The van der Waals surface area contributed by atoms with Gasteiger partial charge in [0.05, 0.1) is 5.92 Å². The molecule has 0 spiro atoms. The smallest absolute Gasteiger partial charge is 0.331 e. The average Bonchev–Trinajstić information content (AvgIpc) is 2.81. The Bertz CT molecular complexity index is 923. The first-order chi connectivity index (χ1) is 16.1. The fourth-order valence-electron chi connectivity index (χ4n) is 3.26. The van der Waals surface area contributed by atoms with Crippen molar-refractivity contribution < 1.29 is 29.7 Å². The first-order valence-corrected chi connectivity index (χ1v) is 11.2. The summed E-state index contributed by atoms with van der Waals surface area (Å²) >= 11 is 0. The maximum atomic E-state index is 11.2. The van der Waals surface area contributed by atoms with E-state index in [-0.39, 0.29) is 5.57 Å². The van der Waals surface area contributed by atoms with Crippen LogP contribution in [-0.2, 0) is 14.4 Å². The normalized spacial score (nSPS) is 12.7. The van der Waals surface area contributed by atoms with Gasteiger partial charge in [0.15, 0.2) is 0 Å². The minimum absolute atomic E-state index is 0.176. The van der Waals surface area contributed by atoms with E-state index < -0.39 is 23.8 Å². The van der Waals surface area contributed by atoms with Crippen LogP contribution < -0.4 is 0 Å². The van der Waals surface area contributed by atoms with Gasteiger partial charge >= 0.3 is 17.9 Å². The number of unbranched alkanes of at least 4 members (excludes halogenated alkanes) is 1. The molecule has 0 saturated carbocycles. The molecule has 0 radical (unpaired) electrons. The Morgan fingerprint density at radius 2 is 1.65 bits per heavy atom. The molecule has 184 valence electrons. The third kappa shape index (κ3) is 11.3. The summed E-state index contributed by atoms with van der Waals surface area (Å²) in [4.78, 5) is 32.5. The molecule has 0 fully saturated rings. The standard InChI is InChI=1S/C15H24O4.C13H12O2/c1-4-7-8-11(5-2)9-13(15(18)19)10-12(6-3)14(16)17;1-3-10-6-5-7-11(12(10)4-2)8-9-13(14)15/h6,10-12H,3-5,7-9H2,1-2H3,(H,16,17)(H,18,19);3-9H,1-2H2,(H,14,15). The number of rotatable bonds is 14. The van der Waals surface area contributed by atoms with E-state index in [0.29, 0.717) is 12.3 Å². The van der Waals surface area contributed by atoms with Gasteiger partial charge in [-0.25, -0.2) is 9.59 Å². The molecule has 34 heavy (non-hydrogen) atoms. The minimum atomic E-state index is -1.07. The second-order valence-electron chi connectivity index (χ2n) is 7.65. The Kier molecular flexibility index (Phi) is 15.1. The van der Waals surface area contributed by atoms with Crippen LogP contribution in [0.3, 0.4) is 0 Å². The van der Waals surface area contributed by atoms with E-state index in [2.05, 4.69) is 26.7 Å². The molecular weight excluding hydrogens is 432 g/mol. The summed E-state index contributed by atoms with van der Waals surface area (Å²) < 4.78 is 0. The van der Waals surface area contributed by atoms with Crippen molar-refractivity contribution in [3.05, 3.63) is 78.4 Å². The molecule has 3 N–H and O–H groups in total. The molecule has 2 unspecified atom stereocenters. The van der Waals surface area contributed by atoms with Crippen LogP contribution in [0.15, 0.2) is 61.7 Å². The molecular formula is C28H36O6. The number of carbonyl (C=O) groups is 3. The van der Waals surface area contributed by atoms with Crippen LogP contribution in [0.5, 0.6) is 0 Å². The summed E-state index contributed by atoms with van der Waals surface area (Å²) in [7, 11) is 0. The zero-order valence-corrected chi connectivity index (χ0v) is 20.1.